The number of benzene rings is 3. The molecule has 27 atom stereocenters. The van der Waals surface area contributed by atoms with Gasteiger partial charge in [-0.25, -0.2) is 0 Å². The Morgan fingerprint density at radius 3 is 1.23 bits per heavy atom. The first-order valence-corrected chi connectivity index (χ1v) is 29.6. The second kappa shape index (κ2) is 33.2. The summed E-state index contributed by atoms with van der Waals surface area (Å²) in [4.78, 5) is 52.2. The number of anilines is 1. The number of aliphatic hydroxyl groups excluding tert-OH is 16. The van der Waals surface area contributed by atoms with Crippen molar-refractivity contribution in [3.8, 4) is 11.5 Å². The molecule has 5 aliphatic heterocycles. The number of aliphatic hydroxyl groups is 16. The Hall–Kier alpha value is -5.86. The smallest absolute Gasteiger partial charge is 0.243 e. The van der Waals surface area contributed by atoms with Crippen LogP contribution in [-0.2, 0) is 74.7 Å². The highest BCUT2D eigenvalue weighted by molar-refractivity contribution is 5.95. The van der Waals surface area contributed by atoms with E-state index < -0.39 is 222 Å². The molecule has 5 aliphatic rings. The third-order valence-corrected chi connectivity index (χ3v) is 16.2. The summed E-state index contributed by atoms with van der Waals surface area (Å²) < 4.78 is 56.5. The average Bonchev–Trinajstić information content (AvgIpc) is 0.786. The van der Waals surface area contributed by atoms with Gasteiger partial charge < -0.3 is 156 Å². The summed E-state index contributed by atoms with van der Waals surface area (Å²) in [6.07, 6.45) is -47.8. The highest BCUT2D eigenvalue weighted by Gasteiger charge is 2.57. The van der Waals surface area contributed by atoms with Crippen LogP contribution < -0.4 is 26.4 Å². The van der Waals surface area contributed by atoms with E-state index in [0.29, 0.717) is 11.1 Å². The van der Waals surface area contributed by atoms with Gasteiger partial charge >= 0.3 is 0 Å². The van der Waals surface area contributed by atoms with E-state index in [0.717, 1.165) is 0 Å². The number of carbonyl (C=O) groups is 4. The van der Waals surface area contributed by atoms with Gasteiger partial charge in [-0.05, 0) is 47.5 Å². The largest absolute Gasteiger partial charge is 0.508 e. The molecule has 0 spiro atoms. The summed E-state index contributed by atoms with van der Waals surface area (Å²) in [6.45, 7) is -4.76. The van der Waals surface area contributed by atoms with E-state index in [-0.39, 0.29) is 42.9 Å². The molecule has 5 heterocycles. The Labute approximate surface area is 528 Å². The number of hydrogen-bond donors (Lipinski definition) is 21. The van der Waals surface area contributed by atoms with Crippen molar-refractivity contribution in [2.24, 2.45) is 5.73 Å². The molecule has 0 aliphatic carbocycles. The number of ether oxygens (including phenoxy) is 10. The van der Waals surface area contributed by atoms with Crippen molar-refractivity contribution in [3.63, 3.8) is 0 Å². The van der Waals surface area contributed by atoms with Crippen LogP contribution in [0.4, 0.5) is 5.69 Å². The van der Waals surface area contributed by atoms with Gasteiger partial charge in [-0.1, -0.05) is 42.5 Å². The third-order valence-electron chi connectivity index (χ3n) is 16.2. The van der Waals surface area contributed by atoms with E-state index >= 15 is 0 Å². The Morgan fingerprint density at radius 1 is 0.419 bits per heavy atom. The van der Waals surface area contributed by atoms with Crippen LogP contribution in [0, 0.1) is 0 Å². The van der Waals surface area contributed by atoms with Crippen LogP contribution >= 0.6 is 0 Å². The number of nitrogens with two attached hydrogens (primary N) is 1. The van der Waals surface area contributed by atoms with Gasteiger partial charge in [-0.15, -0.1) is 0 Å². The van der Waals surface area contributed by atoms with Gasteiger partial charge in [0, 0.05) is 31.4 Å². The van der Waals surface area contributed by atoms with E-state index in [9.17, 15) is 106 Å². The molecule has 93 heavy (non-hydrogen) atoms. The fourth-order valence-electron chi connectivity index (χ4n) is 11.0. The normalized spacial score (nSPS) is 37.0. The number of carbonyl (C=O) groups excluding carboxylic acids is 4. The van der Waals surface area contributed by atoms with Gasteiger partial charge in [-0.2, -0.15) is 0 Å². The van der Waals surface area contributed by atoms with E-state index in [4.69, 9.17) is 53.1 Å². The molecule has 8 rings (SSSR count). The summed E-state index contributed by atoms with van der Waals surface area (Å²) in [5.74, 6) is -2.82. The molecule has 3 aromatic carbocycles. The topological polar surface area (TPSA) is 567 Å². The van der Waals surface area contributed by atoms with Gasteiger partial charge in [0.15, 0.2) is 25.2 Å². The molecule has 0 aromatic heterocycles. The van der Waals surface area contributed by atoms with Crippen molar-refractivity contribution in [2.45, 2.75) is 191 Å². The van der Waals surface area contributed by atoms with Crippen LogP contribution in [0.5, 0.6) is 11.5 Å². The predicted molar refractivity (Wildman–Crippen MR) is 304 cm³/mol. The molecule has 3 aromatic rings. The number of hydrogen-bond acceptors (Lipinski definition) is 31. The third kappa shape index (κ3) is 17.8. The van der Waals surface area contributed by atoms with Crippen molar-refractivity contribution in [1.29, 1.82) is 0 Å². The van der Waals surface area contributed by atoms with Crippen molar-refractivity contribution in [3.05, 3.63) is 90.0 Å². The molecule has 5 fully saturated rings. The average molecular weight is 1330 g/mol. The maximum absolute atomic E-state index is 13.6. The highest BCUT2D eigenvalue weighted by atomic mass is 16.8. The Bertz CT molecular complexity index is 2850. The molecule has 518 valence electrons. The molecule has 0 radical (unpaired) electrons. The molecular weight excluding hydrogens is 1250 g/mol. The van der Waals surface area contributed by atoms with Gasteiger partial charge in [0.05, 0.1) is 33.0 Å². The maximum atomic E-state index is 13.6. The van der Waals surface area contributed by atoms with Crippen molar-refractivity contribution < 1.29 is 153 Å². The first-order valence-electron chi connectivity index (χ1n) is 29.6. The van der Waals surface area contributed by atoms with E-state index in [2.05, 4.69) is 16.0 Å². The molecule has 35 heteroatoms. The van der Waals surface area contributed by atoms with Gasteiger partial charge in [-0.3, -0.25) is 19.2 Å². The molecule has 5 saturated heterocycles. The van der Waals surface area contributed by atoms with E-state index in [1.165, 1.54) is 36.4 Å². The Morgan fingerprint density at radius 2 is 0.796 bits per heavy atom. The number of amides is 4. The summed E-state index contributed by atoms with van der Waals surface area (Å²) in [5.41, 5.74) is 7.10. The minimum absolute atomic E-state index is 0.00163. The van der Waals surface area contributed by atoms with E-state index in [1.807, 2.05) is 0 Å². The van der Waals surface area contributed by atoms with Crippen LogP contribution in [0.3, 0.4) is 0 Å². The number of aromatic hydroxyl groups is 1. The summed E-state index contributed by atoms with van der Waals surface area (Å²) in [7, 11) is 0. The second-order valence-corrected chi connectivity index (χ2v) is 22.8. The Kier molecular flexibility index (Phi) is 26.0. The van der Waals surface area contributed by atoms with Crippen molar-refractivity contribution in [2.75, 3.05) is 38.4 Å². The van der Waals surface area contributed by atoms with Crippen LogP contribution in [0.1, 0.15) is 24.0 Å². The molecule has 0 unspecified atom stereocenters. The number of primary amides is 1. The lowest BCUT2D eigenvalue weighted by Crippen LogP contribution is -2.68. The molecule has 35 nitrogen and oxygen atoms in total. The molecular formula is C58H80N4O31. The van der Waals surface area contributed by atoms with Gasteiger partial charge in [0.1, 0.15) is 146 Å². The van der Waals surface area contributed by atoms with Crippen LogP contribution in [-0.4, -0.2) is 309 Å². The van der Waals surface area contributed by atoms with Crippen LogP contribution in [0.2, 0.25) is 0 Å². The zero-order valence-electron chi connectivity index (χ0n) is 49.4. The zero-order valence-corrected chi connectivity index (χ0v) is 49.4. The number of nitrogens with one attached hydrogen (secondary N) is 3. The molecule has 0 saturated carbocycles. The first kappa shape index (κ1) is 73.0. The summed E-state index contributed by atoms with van der Waals surface area (Å²) in [5, 5.41) is 189. The SMILES string of the molecule is NC(=O)[C@H](Cc1ccc(O)cc1)NC(=O)[C@H](Cc1ccccc1)NC(=O)CCC(=O)Nc1ccc(O[C@H]2O[C@H](CO)[C@@H](O[C@H]3O[C@H](CO)[C@@H](O[C@H]4O[C@H](CO)[C@@H](O[C@H]5O[C@H](CO)[C@@H](O[C@H]6O[C@H](CO)[C@@H](O)[C@H](O)[C@H]6O)[C@H](O)[C@H]5O)[C@H](O)[C@H]4O)[C@H](O)[C@H]3O)[C@H](O)[C@H]2O)cc1. The lowest BCUT2D eigenvalue weighted by molar-refractivity contribution is -0.392. The highest BCUT2D eigenvalue weighted by Crippen LogP contribution is 2.36. The lowest BCUT2D eigenvalue weighted by Gasteiger charge is -2.49. The predicted octanol–water partition coefficient (Wildman–Crippen LogP) is -9.47. The summed E-state index contributed by atoms with van der Waals surface area (Å²) >= 11 is 0. The minimum Gasteiger partial charge on any atom is -0.508 e. The van der Waals surface area contributed by atoms with Crippen molar-refractivity contribution >= 4 is 29.3 Å². The number of phenolic OH excluding ortho intramolecular Hbond substituents is 1. The van der Waals surface area contributed by atoms with Gasteiger partial charge in [0.25, 0.3) is 0 Å². The molecule has 0 bridgehead atoms. The number of rotatable bonds is 27. The molecule has 4 amide bonds. The molecule has 22 N–H and O–H groups in total. The number of phenols is 1. The minimum atomic E-state index is -2.18. The van der Waals surface area contributed by atoms with Crippen molar-refractivity contribution in [1.82, 2.24) is 10.6 Å². The second-order valence-electron chi connectivity index (χ2n) is 22.8. The van der Waals surface area contributed by atoms with E-state index in [1.54, 1.807) is 42.5 Å². The van der Waals surface area contributed by atoms with Crippen LogP contribution in [0.15, 0.2) is 78.9 Å². The maximum Gasteiger partial charge on any atom is 0.243 e. The fourth-order valence-corrected chi connectivity index (χ4v) is 11.0. The first-order chi connectivity index (χ1) is 44.4. The van der Waals surface area contributed by atoms with Crippen LogP contribution in [0.25, 0.3) is 0 Å². The van der Waals surface area contributed by atoms with Gasteiger partial charge in [0.2, 0.25) is 29.9 Å². The zero-order chi connectivity index (χ0) is 67.5. The Balaban J connectivity index is 0.806. The fraction of sp³-hybridized carbons (Fsp3) is 0.621. The monoisotopic (exact) mass is 1330 g/mol. The standard InChI is InChI=1S/C58H80N4O31/c59-52(82)28(16-24-6-10-26(68)11-7-24)62-53(83)29(17-23-4-2-1-3-5-23)61-36(70)15-14-35(69)60-25-8-12-27(13-9-25)84-54-44(78)39(73)48(31(19-64)86-54)91-56-46(80)41(75)50(33(21-66)88-56)93-58-47(81)42(76)51(34(22-67)89-58)92-57-45(79)40(74)49(32(20-65)87-57)90-55-43(77)38(72)37(71)30(18-63)85-55/h1-13,28-34,37-51,54-58,63-68,71-81H,14-22H2,(H2,59,82)(H,60,69)(H,61,70)(H,62,83)/t28-,29-,30+,31+,32+,33+,34+,37+,38-,39+,40+,41+,42+,43+,44+,45+,46+,47+,48+,49+,50+,51+,54-,55+,56+,57+,58+/m0/s1. The lowest BCUT2D eigenvalue weighted by atomic mass is 9.95. The summed E-state index contributed by atoms with van der Waals surface area (Å²) in [6, 6.07) is 17.8. The quantitative estimate of drug-likeness (QED) is 0.0337.